The van der Waals surface area contributed by atoms with Gasteiger partial charge >= 0.3 is 50.1 Å². The van der Waals surface area contributed by atoms with Crippen LogP contribution in [0, 0.1) is 0 Å². The van der Waals surface area contributed by atoms with Crippen LogP contribution in [0.15, 0.2) is 0 Å². The zero-order valence-electron chi connectivity index (χ0n) is 3.69. The monoisotopic (exact) mass is 147 g/mol. The van der Waals surface area contributed by atoms with Gasteiger partial charge in [0.2, 0.25) is 0 Å². The maximum atomic E-state index is 2.26. The fourth-order valence-corrected chi connectivity index (χ4v) is 0. The first-order valence-corrected chi connectivity index (χ1v) is 6.88. The van der Waals surface area contributed by atoms with E-state index in [1.54, 1.807) is 0 Å². The second kappa shape index (κ2) is 3.47. The molecule has 2 heteroatoms. The van der Waals surface area contributed by atoms with E-state index in [-0.39, 0.29) is 0 Å². The Bertz CT molecular complexity index is 20.9. The molecule has 0 amide bonds. The van der Waals surface area contributed by atoms with Crippen LogP contribution >= 0.6 is 0 Å². The van der Waals surface area contributed by atoms with E-state index in [2.05, 4.69) is 33.4 Å². The van der Waals surface area contributed by atoms with Crippen LogP contribution in [0.2, 0.25) is 4.82 Å². The van der Waals surface area contributed by atoms with Gasteiger partial charge in [-0.2, -0.15) is 0 Å². The predicted molar refractivity (Wildman–Crippen MR) is 26.6 cm³/mol. The fourth-order valence-electron chi connectivity index (χ4n) is 0. The Kier molecular flexibility index (Phi) is 4.37. The molecule has 0 radical (unpaired) electrons. The summed E-state index contributed by atoms with van der Waals surface area (Å²) in [5.41, 5.74) is 0. The summed E-state index contributed by atoms with van der Waals surface area (Å²) in [4.78, 5) is 0.959. The van der Waals surface area contributed by atoms with Crippen molar-refractivity contribution in [1.82, 2.24) is 0 Å². The van der Waals surface area contributed by atoms with Gasteiger partial charge in [0.15, 0.2) is 0 Å². The van der Waals surface area contributed by atoms with Crippen molar-refractivity contribution < 1.29 is 0 Å². The second-order valence-electron chi connectivity index (χ2n) is 1.22. The molecule has 0 aromatic rings. The molecule has 0 spiro atoms. The summed E-state index contributed by atoms with van der Waals surface area (Å²) in [5.74, 6) is 0. The van der Waals surface area contributed by atoms with Gasteiger partial charge < -0.3 is 0 Å². The maximum absolute atomic E-state index is 2.26. The van der Waals surface area contributed by atoms with Crippen LogP contribution in [0.4, 0.5) is 0 Å². The minimum atomic E-state index is 0.903. The molecule has 0 aliphatic heterocycles. The summed E-state index contributed by atoms with van der Waals surface area (Å²) >= 11 is 3.00. The van der Waals surface area contributed by atoms with E-state index in [4.69, 9.17) is 0 Å². The van der Waals surface area contributed by atoms with Crippen molar-refractivity contribution in [3.63, 3.8) is 0 Å². The molecule has 0 fully saturated rings. The molecular formula is C3H7MgSe+. The molecular weight excluding hydrogens is 139 g/mol. The van der Waals surface area contributed by atoms with Gasteiger partial charge in [-0.05, 0) is 0 Å². The predicted octanol–water partition coefficient (Wildman–Crippen LogP) is 0.602. The molecule has 0 aliphatic carbocycles. The molecule has 0 unspecified atom stereocenters. The van der Waals surface area contributed by atoms with Crippen molar-refractivity contribution in [3.8, 4) is 0 Å². The average Bonchev–Trinajstić information content (AvgIpc) is 1.38. The standard InChI is InChI=1S/C3H8Se.Mg/c1-3(2)4;/h3-4H,1-2H3;/q;+2/p-1. The summed E-state index contributed by atoms with van der Waals surface area (Å²) < 4.78 is 0. The summed E-state index contributed by atoms with van der Waals surface area (Å²) in [6.45, 7) is 4.51. The van der Waals surface area contributed by atoms with Crippen LogP contribution in [0.5, 0.6) is 0 Å². The van der Waals surface area contributed by atoms with E-state index in [0.717, 1.165) is 16.7 Å². The molecule has 0 nitrogen and oxygen atoms in total. The Morgan fingerprint density at radius 1 is 1.60 bits per heavy atom. The molecule has 26 valence electrons. The Labute approximate surface area is 50.0 Å². The zero-order valence-corrected chi connectivity index (χ0v) is 6.82. The number of hydrogen-bond acceptors (Lipinski definition) is 0. The third kappa shape index (κ3) is 5.29. The van der Waals surface area contributed by atoms with Crippen LogP contribution in [0.1, 0.15) is 13.8 Å². The summed E-state index contributed by atoms with van der Waals surface area (Å²) in [5, 5.41) is 0. The van der Waals surface area contributed by atoms with Gasteiger partial charge in [0, 0.05) is 0 Å². The Balaban J connectivity index is 2.54. The van der Waals surface area contributed by atoms with E-state index in [1.807, 2.05) is 0 Å². The Hall–Kier alpha value is 1.29. The van der Waals surface area contributed by atoms with Crippen molar-refractivity contribution in [1.29, 1.82) is 0 Å². The molecule has 0 heterocycles. The van der Waals surface area contributed by atoms with Crippen molar-refractivity contribution in [3.05, 3.63) is 0 Å². The van der Waals surface area contributed by atoms with Crippen LogP contribution in [-0.2, 0) is 0 Å². The van der Waals surface area contributed by atoms with Gasteiger partial charge in [-0.25, -0.2) is 0 Å². The molecule has 0 saturated carbocycles. The van der Waals surface area contributed by atoms with Gasteiger partial charge in [-0.3, -0.25) is 0 Å². The average molecular weight is 146 g/mol. The van der Waals surface area contributed by atoms with Crippen LogP contribution in [0.25, 0.3) is 0 Å². The number of hydrogen-bond donors (Lipinski definition) is 0. The van der Waals surface area contributed by atoms with Crippen molar-refractivity contribution in [2.24, 2.45) is 0 Å². The summed E-state index contributed by atoms with van der Waals surface area (Å²) in [7, 11) is 0. The van der Waals surface area contributed by atoms with Crippen molar-refractivity contribution in [2.75, 3.05) is 0 Å². The topological polar surface area (TPSA) is 0 Å². The van der Waals surface area contributed by atoms with Crippen molar-refractivity contribution >= 4 is 31.4 Å². The fraction of sp³-hybridized carbons (Fsp3) is 1.00. The summed E-state index contributed by atoms with van der Waals surface area (Å²) in [6, 6.07) is 0. The Morgan fingerprint density at radius 3 is 1.80 bits per heavy atom. The molecule has 0 bridgehead atoms. The molecule has 0 aromatic carbocycles. The van der Waals surface area contributed by atoms with E-state index in [9.17, 15) is 0 Å². The zero-order chi connectivity index (χ0) is 4.28. The third-order valence-corrected chi connectivity index (χ3v) is 5.20. The first kappa shape index (κ1) is 6.29. The molecule has 0 N–H and O–H groups in total. The van der Waals surface area contributed by atoms with Gasteiger partial charge in [-0.1, -0.05) is 0 Å². The van der Waals surface area contributed by atoms with Gasteiger partial charge in [0.05, 0.1) is 0 Å². The Morgan fingerprint density at radius 2 is 1.80 bits per heavy atom. The molecule has 0 rings (SSSR count). The second-order valence-corrected chi connectivity index (χ2v) is 5.62. The van der Waals surface area contributed by atoms with Crippen LogP contribution in [-0.4, -0.2) is 31.4 Å². The molecule has 0 aromatic heterocycles. The SMILES string of the molecule is CC(C)[Se][Mg+]. The first-order chi connectivity index (χ1) is 2.27. The summed E-state index contributed by atoms with van der Waals surface area (Å²) in [6.07, 6.45) is 0. The quantitative estimate of drug-likeness (QED) is 0.475. The van der Waals surface area contributed by atoms with Crippen LogP contribution < -0.4 is 0 Å². The minimum absolute atomic E-state index is 0.903. The van der Waals surface area contributed by atoms with E-state index >= 15 is 0 Å². The normalized spacial score (nSPS) is 9.80. The first-order valence-electron chi connectivity index (χ1n) is 1.68. The van der Waals surface area contributed by atoms with Gasteiger partial charge in [-0.15, -0.1) is 0 Å². The van der Waals surface area contributed by atoms with Crippen LogP contribution in [0.3, 0.4) is 0 Å². The van der Waals surface area contributed by atoms with E-state index in [0.29, 0.717) is 0 Å². The third-order valence-electron chi connectivity index (χ3n) is 0.333. The van der Waals surface area contributed by atoms with E-state index < -0.39 is 0 Å². The van der Waals surface area contributed by atoms with Gasteiger partial charge in [0.25, 0.3) is 0 Å². The molecule has 0 saturated heterocycles. The van der Waals surface area contributed by atoms with Gasteiger partial charge in [0.1, 0.15) is 0 Å². The molecule has 5 heavy (non-hydrogen) atoms. The molecule has 0 aliphatic rings. The van der Waals surface area contributed by atoms with E-state index in [1.165, 1.54) is 0 Å². The number of rotatable bonds is 1. The van der Waals surface area contributed by atoms with Crippen molar-refractivity contribution in [2.45, 2.75) is 18.7 Å². The molecule has 0 atom stereocenters.